The van der Waals surface area contributed by atoms with Gasteiger partial charge in [-0.1, -0.05) is 49.4 Å². The van der Waals surface area contributed by atoms with E-state index in [4.69, 9.17) is 9.97 Å². The van der Waals surface area contributed by atoms with Gasteiger partial charge in [-0.25, -0.2) is 9.97 Å². The van der Waals surface area contributed by atoms with Gasteiger partial charge in [-0.15, -0.1) is 0 Å². The number of hydrogen-bond acceptors (Lipinski definition) is 3. The maximum absolute atomic E-state index is 4.94. The quantitative estimate of drug-likeness (QED) is 0.477. The number of rotatable bonds is 4. The first kappa shape index (κ1) is 17.8. The van der Waals surface area contributed by atoms with E-state index < -0.39 is 0 Å². The maximum Gasteiger partial charge on any atom is 0.110 e. The second-order valence-electron chi connectivity index (χ2n) is 7.63. The van der Waals surface area contributed by atoms with Gasteiger partial charge in [-0.3, -0.25) is 4.98 Å². The van der Waals surface area contributed by atoms with Crippen LogP contribution < -0.4 is 0 Å². The van der Waals surface area contributed by atoms with Crippen molar-refractivity contribution in [2.75, 3.05) is 0 Å². The summed E-state index contributed by atoms with van der Waals surface area (Å²) in [6, 6.07) is 12.4. The molecule has 1 aliphatic carbocycles. The minimum Gasteiger partial charge on any atom is -0.331 e. The van der Waals surface area contributed by atoms with Gasteiger partial charge < -0.3 is 4.57 Å². The Morgan fingerprint density at radius 2 is 1.79 bits per heavy atom. The molecule has 4 nitrogen and oxygen atoms in total. The second-order valence-corrected chi connectivity index (χ2v) is 7.63. The number of aromatic nitrogens is 4. The molecule has 0 bridgehead atoms. The first-order valence-corrected chi connectivity index (χ1v) is 10.3. The molecule has 0 spiro atoms. The third kappa shape index (κ3) is 3.15. The van der Waals surface area contributed by atoms with Crippen LogP contribution in [0.5, 0.6) is 0 Å². The Hall–Kier alpha value is -3.27. The summed E-state index contributed by atoms with van der Waals surface area (Å²) in [5.74, 6) is 1.54. The second kappa shape index (κ2) is 7.28. The Balaban J connectivity index is 1.49. The number of fused-ring (bicyclic) bond motifs is 4. The highest BCUT2D eigenvalue weighted by Gasteiger charge is 2.18. The molecule has 5 rings (SSSR count). The Morgan fingerprint density at radius 1 is 0.931 bits per heavy atom. The lowest BCUT2D eigenvalue weighted by Gasteiger charge is -2.14. The molecule has 1 atom stereocenters. The summed E-state index contributed by atoms with van der Waals surface area (Å²) < 4.78 is 2.25. The van der Waals surface area contributed by atoms with Gasteiger partial charge in [-0.05, 0) is 36.6 Å². The fourth-order valence-electron chi connectivity index (χ4n) is 4.29. The van der Waals surface area contributed by atoms with Crippen molar-refractivity contribution in [3.8, 4) is 0 Å². The van der Waals surface area contributed by atoms with Crippen molar-refractivity contribution in [2.45, 2.75) is 32.1 Å². The van der Waals surface area contributed by atoms with Crippen LogP contribution in [0, 0.1) is 0 Å². The molecule has 1 aliphatic rings. The average molecular weight is 380 g/mol. The topological polar surface area (TPSA) is 43.6 Å². The molecule has 2 heterocycles. The molecular weight excluding hydrogens is 356 g/mol. The van der Waals surface area contributed by atoms with Crippen LogP contribution in [0.3, 0.4) is 0 Å². The van der Waals surface area contributed by atoms with Gasteiger partial charge in [0.15, 0.2) is 0 Å². The fraction of sp³-hybridized carbons (Fsp3) is 0.240. The van der Waals surface area contributed by atoms with E-state index >= 15 is 0 Å². The van der Waals surface area contributed by atoms with E-state index in [1.165, 1.54) is 16.6 Å². The molecule has 29 heavy (non-hydrogen) atoms. The van der Waals surface area contributed by atoms with Gasteiger partial charge in [0.25, 0.3) is 0 Å². The van der Waals surface area contributed by atoms with Gasteiger partial charge in [0.2, 0.25) is 0 Å². The number of imidazole rings is 1. The smallest absolute Gasteiger partial charge is 0.110 e. The maximum atomic E-state index is 4.94. The molecule has 0 saturated heterocycles. The third-order valence-corrected chi connectivity index (χ3v) is 5.86. The minimum atomic E-state index is 0.454. The number of para-hydroxylation sites is 2. The predicted octanol–water partition coefficient (Wildman–Crippen LogP) is 5.38. The lowest BCUT2D eigenvalue weighted by Crippen LogP contribution is -2.03. The summed E-state index contributed by atoms with van der Waals surface area (Å²) in [6.45, 7) is 2.24. The van der Waals surface area contributed by atoms with Crippen LogP contribution in [-0.2, 0) is 19.9 Å². The lowest BCUT2D eigenvalue weighted by atomic mass is 9.92. The van der Waals surface area contributed by atoms with E-state index in [-0.39, 0.29) is 0 Å². The van der Waals surface area contributed by atoms with Crippen LogP contribution in [0.15, 0.2) is 60.8 Å². The first-order chi connectivity index (χ1) is 14.2. The fourth-order valence-corrected chi connectivity index (χ4v) is 4.29. The molecule has 2 aromatic heterocycles. The monoisotopic (exact) mass is 380 g/mol. The van der Waals surface area contributed by atoms with Crippen LogP contribution in [0.2, 0.25) is 0 Å². The van der Waals surface area contributed by atoms with Crippen molar-refractivity contribution in [1.29, 1.82) is 0 Å². The zero-order chi connectivity index (χ0) is 19.8. The Bertz CT molecular complexity index is 1260. The SMILES string of the molecule is CCC1C=CC=Cc2c1ccc1nc(CCc3cnc4ccccc4n3)n(C)c21. The van der Waals surface area contributed by atoms with E-state index in [1.807, 2.05) is 30.5 Å². The molecule has 0 radical (unpaired) electrons. The summed E-state index contributed by atoms with van der Waals surface area (Å²) >= 11 is 0. The molecule has 0 N–H and O–H groups in total. The zero-order valence-electron chi connectivity index (χ0n) is 16.8. The predicted molar refractivity (Wildman–Crippen MR) is 119 cm³/mol. The average Bonchev–Trinajstić information content (AvgIpc) is 2.94. The molecule has 0 saturated carbocycles. The number of hydrogen-bond donors (Lipinski definition) is 0. The molecule has 144 valence electrons. The Kier molecular flexibility index (Phi) is 4.47. The zero-order valence-corrected chi connectivity index (χ0v) is 16.8. The van der Waals surface area contributed by atoms with E-state index in [1.54, 1.807) is 0 Å². The van der Waals surface area contributed by atoms with Gasteiger partial charge in [0, 0.05) is 31.1 Å². The van der Waals surface area contributed by atoms with Crippen molar-refractivity contribution < 1.29 is 0 Å². The summed E-state index contributed by atoms with van der Waals surface area (Å²) in [7, 11) is 2.13. The first-order valence-electron chi connectivity index (χ1n) is 10.3. The molecule has 2 aromatic carbocycles. The van der Waals surface area contributed by atoms with Crippen LogP contribution in [-0.4, -0.2) is 19.5 Å². The normalized spacial score (nSPS) is 15.7. The lowest BCUT2D eigenvalue weighted by molar-refractivity contribution is 0.773. The van der Waals surface area contributed by atoms with E-state index in [0.717, 1.165) is 47.3 Å². The highest BCUT2D eigenvalue weighted by molar-refractivity contribution is 5.88. The van der Waals surface area contributed by atoms with E-state index in [9.17, 15) is 0 Å². The Labute approximate surface area is 170 Å². The van der Waals surface area contributed by atoms with E-state index in [2.05, 4.69) is 60.0 Å². The number of allylic oxidation sites excluding steroid dienone is 3. The van der Waals surface area contributed by atoms with E-state index in [0.29, 0.717) is 5.92 Å². The molecule has 1 unspecified atom stereocenters. The molecule has 4 heteroatoms. The van der Waals surface area contributed by atoms with Crippen molar-refractivity contribution in [2.24, 2.45) is 7.05 Å². The summed E-state index contributed by atoms with van der Waals surface area (Å²) in [6.07, 6.45) is 13.5. The van der Waals surface area contributed by atoms with Gasteiger partial charge in [-0.2, -0.15) is 0 Å². The third-order valence-electron chi connectivity index (χ3n) is 5.86. The minimum absolute atomic E-state index is 0.454. The van der Waals surface area contributed by atoms with Crippen molar-refractivity contribution in [1.82, 2.24) is 19.5 Å². The van der Waals surface area contributed by atoms with Gasteiger partial charge in [0.05, 0.1) is 27.8 Å². The van der Waals surface area contributed by atoms with Crippen LogP contribution in [0.25, 0.3) is 28.1 Å². The largest absolute Gasteiger partial charge is 0.331 e. The molecule has 0 fully saturated rings. The van der Waals surface area contributed by atoms with Gasteiger partial charge >= 0.3 is 0 Å². The highest BCUT2D eigenvalue weighted by Crippen LogP contribution is 2.33. The van der Waals surface area contributed by atoms with Crippen molar-refractivity contribution in [3.05, 3.63) is 83.5 Å². The highest BCUT2D eigenvalue weighted by atomic mass is 15.1. The summed E-state index contributed by atoms with van der Waals surface area (Å²) in [4.78, 5) is 14.2. The number of aryl methyl sites for hydroxylation is 3. The van der Waals surface area contributed by atoms with Gasteiger partial charge in [0.1, 0.15) is 5.82 Å². The van der Waals surface area contributed by atoms with Crippen molar-refractivity contribution >= 4 is 28.1 Å². The number of benzene rings is 2. The van der Waals surface area contributed by atoms with Crippen LogP contribution in [0.1, 0.15) is 41.9 Å². The van der Waals surface area contributed by atoms with Crippen LogP contribution >= 0.6 is 0 Å². The summed E-state index contributed by atoms with van der Waals surface area (Å²) in [5, 5.41) is 0. The van der Waals surface area contributed by atoms with Crippen molar-refractivity contribution in [3.63, 3.8) is 0 Å². The molecule has 0 amide bonds. The summed E-state index contributed by atoms with van der Waals surface area (Å²) in [5.41, 5.74) is 7.86. The molecule has 4 aromatic rings. The standard InChI is InChI=1S/C25H24N4/c1-3-17-8-4-5-9-20-19(17)13-14-23-25(20)29(2)24(28-23)15-12-18-16-26-21-10-6-7-11-22(21)27-18/h4-11,13-14,16-17H,3,12,15H2,1-2H3. The van der Waals surface area contributed by atoms with Crippen LogP contribution in [0.4, 0.5) is 0 Å². The molecule has 0 aliphatic heterocycles. The molecular formula is C25H24N4. The number of nitrogens with zero attached hydrogens (tertiary/aromatic N) is 4. The Morgan fingerprint density at radius 3 is 2.66 bits per heavy atom.